The van der Waals surface area contributed by atoms with Gasteiger partial charge in [-0.2, -0.15) is 0 Å². The Morgan fingerprint density at radius 3 is 2.73 bits per heavy atom. The molecule has 0 saturated carbocycles. The van der Waals surface area contributed by atoms with Crippen molar-refractivity contribution in [1.82, 2.24) is 10.2 Å². The van der Waals surface area contributed by atoms with Crippen LogP contribution in [-0.4, -0.2) is 44.8 Å². The Hall–Kier alpha value is -3.77. The Morgan fingerprint density at radius 1 is 1.14 bits per heavy atom. The van der Waals surface area contributed by atoms with E-state index in [0.29, 0.717) is 43.4 Å². The Bertz CT molecular complexity index is 1830. The summed E-state index contributed by atoms with van der Waals surface area (Å²) in [4.78, 5) is 28.5. The highest BCUT2D eigenvalue weighted by molar-refractivity contribution is 8.00. The van der Waals surface area contributed by atoms with Gasteiger partial charge in [0.2, 0.25) is 5.13 Å². The van der Waals surface area contributed by atoms with Crippen LogP contribution in [0.2, 0.25) is 10.0 Å². The average molecular weight is 671 g/mol. The number of anilines is 1. The van der Waals surface area contributed by atoms with Crippen LogP contribution < -0.4 is 14.4 Å². The third-order valence-corrected chi connectivity index (χ3v) is 9.87. The molecule has 6 rings (SSSR count). The molecular weight excluding hydrogens is 645 g/mol. The van der Waals surface area contributed by atoms with Gasteiger partial charge in [0.25, 0.3) is 5.78 Å². The van der Waals surface area contributed by atoms with Gasteiger partial charge < -0.3 is 19.7 Å². The molecule has 0 radical (unpaired) electrons. The van der Waals surface area contributed by atoms with Gasteiger partial charge in [0.05, 0.1) is 18.2 Å². The van der Waals surface area contributed by atoms with Crippen LogP contribution >= 0.6 is 46.3 Å². The molecule has 0 spiro atoms. The first-order chi connectivity index (χ1) is 21.1. The van der Waals surface area contributed by atoms with Gasteiger partial charge in [0.15, 0.2) is 15.8 Å². The molecule has 2 N–H and O–H groups in total. The number of aliphatic hydroxyl groups is 1. The maximum Gasteiger partial charge on any atom is 0.301 e. The molecule has 1 saturated heterocycles. The van der Waals surface area contributed by atoms with Crippen molar-refractivity contribution in [3.05, 3.63) is 92.5 Å². The molecule has 0 bridgehead atoms. The lowest BCUT2D eigenvalue weighted by Crippen LogP contribution is -2.29. The largest absolute Gasteiger partial charge is 0.507 e. The fraction of sp³-hybridized carbons (Fsp3) is 0.226. The van der Waals surface area contributed by atoms with E-state index in [1.165, 1.54) is 22.7 Å². The molecule has 4 aromatic rings. The van der Waals surface area contributed by atoms with E-state index in [2.05, 4.69) is 10.2 Å². The van der Waals surface area contributed by atoms with Crippen molar-refractivity contribution in [2.24, 2.45) is 0 Å². The van der Waals surface area contributed by atoms with Gasteiger partial charge in [-0.15, -0.1) is 10.2 Å². The minimum absolute atomic E-state index is 0.0119. The number of ketones is 1. The monoisotopic (exact) mass is 669 g/mol. The molecule has 1 fully saturated rings. The van der Waals surface area contributed by atoms with Crippen molar-refractivity contribution < 1.29 is 29.3 Å². The number of amides is 1. The highest BCUT2D eigenvalue weighted by atomic mass is 35.5. The zero-order chi connectivity index (χ0) is 31.1. The molecule has 44 heavy (non-hydrogen) atoms. The normalized spacial score (nSPS) is 18.9. The van der Waals surface area contributed by atoms with Gasteiger partial charge >= 0.3 is 5.91 Å². The Kier molecular flexibility index (Phi) is 8.47. The van der Waals surface area contributed by atoms with Crippen LogP contribution in [0, 0.1) is 0 Å². The van der Waals surface area contributed by atoms with Crippen LogP contribution in [0.25, 0.3) is 5.76 Å². The molecule has 226 valence electrons. The number of hydrogen-bond acceptors (Lipinski definition) is 10. The van der Waals surface area contributed by atoms with E-state index in [9.17, 15) is 19.8 Å². The molecule has 2 aliphatic heterocycles. The number of Topliss-reactive ketones (excluding diaryl/α,β-unsaturated/α-hetero) is 1. The van der Waals surface area contributed by atoms with Crippen molar-refractivity contribution in [3.63, 3.8) is 0 Å². The summed E-state index contributed by atoms with van der Waals surface area (Å²) in [5.74, 6) is -0.813. The zero-order valence-corrected chi connectivity index (χ0v) is 26.6. The second-order valence-electron chi connectivity index (χ2n) is 10.2. The summed E-state index contributed by atoms with van der Waals surface area (Å²) in [5, 5.41) is 31.7. The van der Waals surface area contributed by atoms with Crippen molar-refractivity contribution in [2.75, 3.05) is 11.5 Å². The van der Waals surface area contributed by atoms with E-state index in [1.54, 1.807) is 49.4 Å². The van der Waals surface area contributed by atoms with Crippen molar-refractivity contribution in [2.45, 2.75) is 42.5 Å². The number of phenols is 1. The number of aromatic hydroxyl groups is 1. The summed E-state index contributed by atoms with van der Waals surface area (Å²) in [6.07, 6.45) is 0.637. The Morgan fingerprint density at radius 2 is 1.95 bits per heavy atom. The van der Waals surface area contributed by atoms with Crippen molar-refractivity contribution >= 4 is 68.9 Å². The van der Waals surface area contributed by atoms with E-state index < -0.39 is 17.7 Å². The second kappa shape index (κ2) is 12.3. The number of aromatic nitrogens is 2. The third-order valence-electron chi connectivity index (χ3n) is 7.18. The van der Waals surface area contributed by atoms with E-state index in [-0.39, 0.29) is 40.7 Å². The first kappa shape index (κ1) is 30.3. The summed E-state index contributed by atoms with van der Waals surface area (Å²) in [6, 6.07) is 13.9. The molecule has 13 heteroatoms. The number of nitrogens with zero attached hydrogens (tertiary/aromatic N) is 3. The Balaban J connectivity index is 1.41. The van der Waals surface area contributed by atoms with E-state index in [1.807, 2.05) is 13.0 Å². The van der Waals surface area contributed by atoms with Crippen molar-refractivity contribution in [3.8, 4) is 17.2 Å². The first-order valence-electron chi connectivity index (χ1n) is 13.6. The lowest BCUT2D eigenvalue weighted by atomic mass is 9.94. The van der Waals surface area contributed by atoms with Crippen LogP contribution in [0.4, 0.5) is 5.13 Å². The summed E-state index contributed by atoms with van der Waals surface area (Å²) in [6.45, 7) is 4.00. The summed E-state index contributed by atoms with van der Waals surface area (Å²) in [5.41, 5.74) is 2.43. The number of phenolic OH excluding ortho intramolecular Hbond substituents is 1. The highest BCUT2D eigenvalue weighted by Gasteiger charge is 2.48. The average Bonchev–Trinajstić information content (AvgIpc) is 3.68. The van der Waals surface area contributed by atoms with Gasteiger partial charge in [-0.05, 0) is 73.0 Å². The standard InChI is InChI=1S/C31H25Cl2N3O6S2/c1-3-41-24-12-16(5-8-22(24)37)26-25(27(38)17-6-9-23-19(11-17)10-15(2)42-23)28(39)29(40)36(26)30-34-35-31(44-30)43-14-18-4-7-20(32)13-21(18)33/h4-9,11-13,15,26,37-38H,3,10,14H2,1-2H3/b27-25+. The summed E-state index contributed by atoms with van der Waals surface area (Å²) >= 11 is 14.8. The molecule has 3 heterocycles. The number of benzene rings is 3. The van der Waals surface area contributed by atoms with E-state index in [0.717, 1.165) is 22.5 Å². The molecule has 1 aromatic heterocycles. The van der Waals surface area contributed by atoms with Crippen LogP contribution in [-0.2, 0) is 21.8 Å². The highest BCUT2D eigenvalue weighted by Crippen LogP contribution is 2.46. The van der Waals surface area contributed by atoms with Crippen LogP contribution in [0.1, 0.15) is 42.1 Å². The number of hydrogen-bond donors (Lipinski definition) is 2. The maximum atomic E-state index is 13.6. The van der Waals surface area contributed by atoms with Gasteiger partial charge in [0.1, 0.15) is 17.6 Å². The fourth-order valence-electron chi connectivity index (χ4n) is 5.18. The summed E-state index contributed by atoms with van der Waals surface area (Å²) < 4.78 is 11.9. The zero-order valence-electron chi connectivity index (χ0n) is 23.4. The SMILES string of the molecule is CCOc1cc(C2/C(=C(\O)c3ccc4c(c3)CC(C)O4)C(=O)C(=O)N2c2nnc(SCc3ccc(Cl)cc3Cl)s2)ccc1O. The second-order valence-corrected chi connectivity index (χ2v) is 13.2. The molecule has 9 nitrogen and oxygen atoms in total. The number of fused-ring (bicyclic) bond motifs is 1. The van der Waals surface area contributed by atoms with Crippen LogP contribution in [0.3, 0.4) is 0 Å². The van der Waals surface area contributed by atoms with Gasteiger partial charge in [-0.25, -0.2) is 0 Å². The number of ether oxygens (including phenoxy) is 2. The minimum atomic E-state index is -1.07. The summed E-state index contributed by atoms with van der Waals surface area (Å²) in [7, 11) is 0. The molecule has 2 unspecified atom stereocenters. The predicted molar refractivity (Wildman–Crippen MR) is 170 cm³/mol. The smallest absolute Gasteiger partial charge is 0.301 e. The number of carbonyl (C=O) groups excluding carboxylic acids is 2. The number of halogens is 2. The number of carbonyl (C=O) groups is 2. The van der Waals surface area contributed by atoms with Crippen molar-refractivity contribution in [1.29, 1.82) is 0 Å². The molecular formula is C31H25Cl2N3O6S2. The Labute approximate surface area is 271 Å². The minimum Gasteiger partial charge on any atom is -0.507 e. The maximum absolute atomic E-state index is 13.6. The number of thioether (sulfide) groups is 1. The number of aliphatic hydroxyl groups excluding tert-OH is 1. The lowest BCUT2D eigenvalue weighted by Gasteiger charge is -2.23. The van der Waals surface area contributed by atoms with Gasteiger partial charge in [-0.3, -0.25) is 14.5 Å². The molecule has 0 aliphatic carbocycles. The number of rotatable bonds is 8. The van der Waals surface area contributed by atoms with Crippen LogP contribution in [0.5, 0.6) is 17.2 Å². The van der Waals surface area contributed by atoms with Crippen LogP contribution in [0.15, 0.2) is 64.5 Å². The molecule has 2 aliphatic rings. The van der Waals surface area contributed by atoms with E-state index >= 15 is 0 Å². The molecule has 1 amide bonds. The third kappa shape index (κ3) is 5.72. The quantitative estimate of drug-likeness (QED) is 0.0660. The van der Waals surface area contributed by atoms with Gasteiger partial charge in [-0.1, -0.05) is 58.4 Å². The molecule has 2 atom stereocenters. The topological polar surface area (TPSA) is 122 Å². The predicted octanol–water partition coefficient (Wildman–Crippen LogP) is 7.19. The first-order valence-corrected chi connectivity index (χ1v) is 16.2. The molecule has 3 aromatic carbocycles. The van der Waals surface area contributed by atoms with E-state index in [4.69, 9.17) is 32.7 Å². The fourth-order valence-corrected chi connectivity index (χ4v) is 7.60. The lowest BCUT2D eigenvalue weighted by molar-refractivity contribution is -0.132. The van der Waals surface area contributed by atoms with Gasteiger partial charge in [0, 0.05) is 27.8 Å².